The van der Waals surface area contributed by atoms with Gasteiger partial charge in [-0.3, -0.25) is 0 Å². The van der Waals surface area contributed by atoms with Gasteiger partial charge in [0, 0.05) is 21.8 Å². The minimum absolute atomic E-state index is 0.505. The first-order valence-electron chi connectivity index (χ1n) is 6.91. The van der Waals surface area contributed by atoms with Crippen molar-refractivity contribution in [1.82, 2.24) is 5.32 Å². The van der Waals surface area contributed by atoms with E-state index in [1.165, 1.54) is 41.0 Å². The zero-order valence-electron chi connectivity index (χ0n) is 11.5. The minimum atomic E-state index is 0.505. The summed E-state index contributed by atoms with van der Waals surface area (Å²) in [6.45, 7) is 9.16. The average molecular weight is 251 g/mol. The first-order valence-corrected chi connectivity index (χ1v) is 7.72. The Morgan fingerprint density at radius 1 is 1.29 bits per heavy atom. The first-order chi connectivity index (χ1) is 8.08. The van der Waals surface area contributed by atoms with Gasteiger partial charge in [0.2, 0.25) is 0 Å². The van der Waals surface area contributed by atoms with Crippen LogP contribution in [0.15, 0.2) is 6.07 Å². The van der Waals surface area contributed by atoms with Crippen LogP contribution in [0.3, 0.4) is 0 Å². The number of aryl methyl sites for hydroxylation is 2. The van der Waals surface area contributed by atoms with Crippen LogP contribution in [0.5, 0.6) is 0 Å². The van der Waals surface area contributed by atoms with Gasteiger partial charge in [0.1, 0.15) is 0 Å². The Morgan fingerprint density at radius 2 is 2.00 bits per heavy atom. The van der Waals surface area contributed by atoms with Crippen LogP contribution in [0.4, 0.5) is 0 Å². The van der Waals surface area contributed by atoms with Crippen LogP contribution in [0.1, 0.15) is 60.9 Å². The van der Waals surface area contributed by atoms with E-state index in [1.807, 2.05) is 11.3 Å². The fourth-order valence-electron chi connectivity index (χ4n) is 3.06. The summed E-state index contributed by atoms with van der Waals surface area (Å²) in [4.78, 5) is 2.91. The summed E-state index contributed by atoms with van der Waals surface area (Å²) in [5.41, 5.74) is 1.50. The van der Waals surface area contributed by atoms with Gasteiger partial charge >= 0.3 is 0 Å². The molecular weight excluding hydrogens is 226 g/mol. The maximum absolute atomic E-state index is 3.85. The van der Waals surface area contributed by atoms with Crippen LogP contribution in [-0.4, -0.2) is 6.04 Å². The first kappa shape index (κ1) is 13.1. The highest BCUT2D eigenvalue weighted by Crippen LogP contribution is 2.29. The Bertz CT molecular complexity index is 369. The lowest BCUT2D eigenvalue weighted by Gasteiger charge is -2.32. The lowest BCUT2D eigenvalue weighted by atomic mass is 9.85. The van der Waals surface area contributed by atoms with Crippen molar-refractivity contribution in [2.45, 2.75) is 65.5 Å². The van der Waals surface area contributed by atoms with Crippen LogP contribution in [0, 0.1) is 19.8 Å². The Balaban J connectivity index is 2.00. The van der Waals surface area contributed by atoms with E-state index in [0.717, 1.165) is 12.0 Å². The highest BCUT2D eigenvalue weighted by atomic mass is 32.1. The van der Waals surface area contributed by atoms with Gasteiger partial charge in [-0.2, -0.15) is 0 Å². The van der Waals surface area contributed by atoms with E-state index in [1.54, 1.807) is 0 Å². The van der Waals surface area contributed by atoms with Gasteiger partial charge < -0.3 is 5.32 Å². The third-order valence-electron chi connectivity index (χ3n) is 4.12. The van der Waals surface area contributed by atoms with Gasteiger partial charge in [0.25, 0.3) is 0 Å². The van der Waals surface area contributed by atoms with E-state index in [-0.39, 0.29) is 0 Å². The van der Waals surface area contributed by atoms with Crippen LogP contribution in [0.2, 0.25) is 0 Å². The third-order valence-corrected chi connectivity index (χ3v) is 5.10. The van der Waals surface area contributed by atoms with E-state index >= 15 is 0 Å². The van der Waals surface area contributed by atoms with Crippen molar-refractivity contribution in [2.75, 3.05) is 0 Å². The number of hydrogen-bond donors (Lipinski definition) is 1. The van der Waals surface area contributed by atoms with Crippen molar-refractivity contribution in [3.05, 3.63) is 21.4 Å². The molecule has 0 aliphatic heterocycles. The molecule has 0 radical (unpaired) electrons. The zero-order chi connectivity index (χ0) is 12.4. The number of thiophene rings is 1. The summed E-state index contributed by atoms with van der Waals surface area (Å²) in [6.07, 6.45) is 5.57. The molecule has 1 aliphatic carbocycles. The van der Waals surface area contributed by atoms with Gasteiger partial charge in [0.15, 0.2) is 0 Å². The molecule has 1 N–H and O–H groups in total. The maximum Gasteiger partial charge on any atom is 0.0305 e. The highest BCUT2D eigenvalue weighted by molar-refractivity contribution is 7.12. The molecule has 0 aromatic carbocycles. The van der Waals surface area contributed by atoms with Gasteiger partial charge in [-0.25, -0.2) is 0 Å². The molecule has 1 nitrogen and oxygen atoms in total. The minimum Gasteiger partial charge on any atom is -0.307 e. The number of nitrogens with one attached hydrogen (secondary N) is 1. The summed E-state index contributed by atoms with van der Waals surface area (Å²) >= 11 is 1.92. The Hall–Kier alpha value is -0.340. The Labute approximate surface area is 110 Å². The van der Waals surface area contributed by atoms with E-state index in [9.17, 15) is 0 Å². The van der Waals surface area contributed by atoms with Crippen molar-refractivity contribution in [1.29, 1.82) is 0 Å². The van der Waals surface area contributed by atoms with Crippen LogP contribution < -0.4 is 5.32 Å². The highest BCUT2D eigenvalue weighted by Gasteiger charge is 2.23. The van der Waals surface area contributed by atoms with Crippen molar-refractivity contribution in [2.24, 2.45) is 5.92 Å². The number of hydrogen-bond acceptors (Lipinski definition) is 2. The average Bonchev–Trinajstić information content (AvgIpc) is 2.61. The molecular formula is C15H25NS. The van der Waals surface area contributed by atoms with Crippen molar-refractivity contribution in [3.8, 4) is 0 Å². The van der Waals surface area contributed by atoms with E-state index in [2.05, 4.69) is 39.1 Å². The standard InChI is InChI=1S/C15H25NS/c1-10-7-5-6-8-15(10)16-12(3)14-9-11(2)17-13(14)4/h9-10,12,15-16H,5-8H2,1-4H3. The predicted octanol–water partition coefficient (Wildman–Crippen LogP) is 4.59. The van der Waals surface area contributed by atoms with Gasteiger partial charge in [-0.1, -0.05) is 19.8 Å². The lowest BCUT2D eigenvalue weighted by molar-refractivity contribution is 0.263. The van der Waals surface area contributed by atoms with Crippen LogP contribution in [-0.2, 0) is 0 Å². The summed E-state index contributed by atoms with van der Waals surface area (Å²) in [5, 5.41) is 3.85. The molecule has 2 rings (SSSR count). The SMILES string of the molecule is Cc1cc(C(C)NC2CCCCC2C)c(C)s1. The van der Waals surface area contributed by atoms with Crippen molar-refractivity contribution >= 4 is 11.3 Å². The van der Waals surface area contributed by atoms with E-state index in [0.29, 0.717) is 6.04 Å². The van der Waals surface area contributed by atoms with Gasteiger partial charge in [-0.05, 0) is 51.2 Å². The van der Waals surface area contributed by atoms with Crippen LogP contribution in [0.25, 0.3) is 0 Å². The Morgan fingerprint density at radius 3 is 2.59 bits per heavy atom. The molecule has 96 valence electrons. The summed E-state index contributed by atoms with van der Waals surface area (Å²) in [5.74, 6) is 0.839. The third kappa shape index (κ3) is 3.11. The van der Waals surface area contributed by atoms with Crippen LogP contribution >= 0.6 is 11.3 Å². The monoisotopic (exact) mass is 251 g/mol. The quantitative estimate of drug-likeness (QED) is 0.828. The summed E-state index contributed by atoms with van der Waals surface area (Å²) in [6, 6.07) is 3.58. The largest absolute Gasteiger partial charge is 0.307 e. The molecule has 0 amide bonds. The second kappa shape index (κ2) is 5.53. The molecule has 1 fully saturated rings. The molecule has 1 aliphatic rings. The molecule has 0 bridgehead atoms. The van der Waals surface area contributed by atoms with Crippen molar-refractivity contribution < 1.29 is 0 Å². The molecule has 1 heterocycles. The van der Waals surface area contributed by atoms with Gasteiger partial charge in [-0.15, -0.1) is 11.3 Å². The lowest BCUT2D eigenvalue weighted by Crippen LogP contribution is -2.38. The number of rotatable bonds is 3. The normalized spacial score (nSPS) is 27.1. The summed E-state index contributed by atoms with van der Waals surface area (Å²) in [7, 11) is 0. The van der Waals surface area contributed by atoms with Gasteiger partial charge in [0.05, 0.1) is 0 Å². The topological polar surface area (TPSA) is 12.0 Å². The molecule has 3 unspecified atom stereocenters. The molecule has 1 aromatic heterocycles. The van der Waals surface area contributed by atoms with Crippen molar-refractivity contribution in [3.63, 3.8) is 0 Å². The predicted molar refractivity (Wildman–Crippen MR) is 76.8 cm³/mol. The second-order valence-corrected chi connectivity index (χ2v) is 7.09. The molecule has 1 aromatic rings. The fraction of sp³-hybridized carbons (Fsp3) is 0.733. The fourth-order valence-corrected chi connectivity index (χ4v) is 4.08. The zero-order valence-corrected chi connectivity index (χ0v) is 12.4. The van der Waals surface area contributed by atoms with E-state index < -0.39 is 0 Å². The Kier molecular flexibility index (Phi) is 4.26. The summed E-state index contributed by atoms with van der Waals surface area (Å²) < 4.78 is 0. The molecule has 3 atom stereocenters. The smallest absolute Gasteiger partial charge is 0.0305 e. The molecule has 0 saturated heterocycles. The second-order valence-electron chi connectivity index (χ2n) is 5.63. The molecule has 17 heavy (non-hydrogen) atoms. The molecule has 2 heteroatoms. The molecule has 1 saturated carbocycles. The van der Waals surface area contributed by atoms with E-state index in [4.69, 9.17) is 0 Å². The maximum atomic E-state index is 3.85. The molecule has 0 spiro atoms.